The van der Waals surface area contributed by atoms with Gasteiger partial charge in [0.25, 0.3) is 5.91 Å². The summed E-state index contributed by atoms with van der Waals surface area (Å²) in [5.74, 6) is 0.645. The van der Waals surface area contributed by atoms with E-state index in [1.807, 2.05) is 42.5 Å². The lowest BCUT2D eigenvalue weighted by Crippen LogP contribution is -2.27. The number of para-hydroxylation sites is 1. The summed E-state index contributed by atoms with van der Waals surface area (Å²) < 4.78 is 0. The van der Waals surface area contributed by atoms with Crippen LogP contribution in [0.5, 0.6) is 0 Å². The van der Waals surface area contributed by atoms with Gasteiger partial charge < -0.3 is 9.80 Å². The average Bonchev–Trinajstić information content (AvgIpc) is 3.12. The fraction of sp³-hybridized carbons (Fsp3) is 0.190. The van der Waals surface area contributed by atoms with Gasteiger partial charge in [-0.05, 0) is 35.7 Å². The van der Waals surface area contributed by atoms with Crippen LogP contribution in [-0.4, -0.2) is 34.6 Å². The van der Waals surface area contributed by atoms with E-state index in [1.54, 1.807) is 18.0 Å². The Bertz CT molecular complexity index is 909. The Kier molecular flexibility index (Phi) is 4.35. The van der Waals surface area contributed by atoms with E-state index in [4.69, 9.17) is 0 Å². The van der Waals surface area contributed by atoms with Gasteiger partial charge in [-0.1, -0.05) is 48.5 Å². The van der Waals surface area contributed by atoms with Crippen LogP contribution < -0.4 is 4.90 Å². The minimum Gasteiger partial charge on any atom is -0.336 e. The number of carbonyl (C=O) groups excluding carboxylic acids is 1. The molecule has 1 amide bonds. The maximum Gasteiger partial charge on any atom is 0.274 e. The van der Waals surface area contributed by atoms with E-state index in [0.29, 0.717) is 12.2 Å². The first-order chi connectivity index (χ1) is 12.7. The van der Waals surface area contributed by atoms with Gasteiger partial charge in [-0.15, -0.1) is 10.2 Å². The van der Waals surface area contributed by atoms with Crippen LogP contribution in [0.4, 0.5) is 11.5 Å². The Morgan fingerprint density at radius 3 is 2.54 bits per heavy atom. The number of carbonyl (C=O) groups is 1. The normalized spacial score (nSPS) is 12.7. The number of fused-ring (bicyclic) bond motifs is 1. The fourth-order valence-corrected chi connectivity index (χ4v) is 3.28. The predicted molar refractivity (Wildman–Crippen MR) is 101 cm³/mol. The molecule has 0 N–H and O–H groups in total. The molecule has 1 aliphatic rings. The van der Waals surface area contributed by atoms with Crippen LogP contribution >= 0.6 is 0 Å². The van der Waals surface area contributed by atoms with Crippen LogP contribution in [0.3, 0.4) is 0 Å². The standard InChI is InChI=1S/C21H20N4O/c1-24(15-16-7-3-2-4-8-16)21(26)18-11-12-20(23-22-18)25-14-13-17-9-5-6-10-19(17)25/h2-12H,13-15H2,1H3. The molecule has 0 fully saturated rings. The van der Waals surface area contributed by atoms with Crippen LogP contribution in [0.15, 0.2) is 66.7 Å². The molecule has 2 aromatic carbocycles. The van der Waals surface area contributed by atoms with Gasteiger partial charge in [0, 0.05) is 25.8 Å². The summed E-state index contributed by atoms with van der Waals surface area (Å²) in [5, 5.41) is 8.47. The number of hydrogen-bond donors (Lipinski definition) is 0. The second-order valence-corrected chi connectivity index (χ2v) is 6.45. The minimum atomic E-state index is -0.130. The molecule has 0 spiro atoms. The maximum atomic E-state index is 12.6. The molecule has 0 unspecified atom stereocenters. The molecule has 5 nitrogen and oxygen atoms in total. The summed E-state index contributed by atoms with van der Waals surface area (Å²) in [6.45, 7) is 1.43. The first-order valence-corrected chi connectivity index (χ1v) is 8.71. The zero-order valence-electron chi connectivity index (χ0n) is 14.7. The van der Waals surface area contributed by atoms with Crippen molar-refractivity contribution in [3.8, 4) is 0 Å². The minimum absolute atomic E-state index is 0.130. The van der Waals surface area contributed by atoms with Crippen molar-refractivity contribution >= 4 is 17.4 Å². The van der Waals surface area contributed by atoms with Gasteiger partial charge >= 0.3 is 0 Å². The van der Waals surface area contributed by atoms with Crippen LogP contribution in [0.25, 0.3) is 0 Å². The third-order valence-corrected chi connectivity index (χ3v) is 4.64. The molecule has 0 atom stereocenters. The lowest BCUT2D eigenvalue weighted by Gasteiger charge is -2.19. The molecule has 0 aliphatic carbocycles. The van der Waals surface area contributed by atoms with Crippen molar-refractivity contribution < 1.29 is 4.79 Å². The first kappa shape index (κ1) is 16.3. The van der Waals surface area contributed by atoms with Crippen molar-refractivity contribution in [2.24, 2.45) is 0 Å². The van der Waals surface area contributed by atoms with Gasteiger partial charge in [-0.3, -0.25) is 4.79 Å². The van der Waals surface area contributed by atoms with Crippen molar-refractivity contribution in [2.45, 2.75) is 13.0 Å². The number of benzene rings is 2. The molecule has 26 heavy (non-hydrogen) atoms. The van der Waals surface area contributed by atoms with Gasteiger partial charge in [-0.25, -0.2) is 0 Å². The molecule has 0 saturated carbocycles. The Morgan fingerprint density at radius 2 is 1.77 bits per heavy atom. The van der Waals surface area contributed by atoms with Gasteiger partial charge in [0.05, 0.1) is 0 Å². The third kappa shape index (κ3) is 3.16. The number of aromatic nitrogens is 2. The molecule has 1 aliphatic heterocycles. The molecular formula is C21H20N4O. The number of nitrogens with zero attached hydrogens (tertiary/aromatic N) is 4. The molecule has 3 aromatic rings. The molecule has 0 radical (unpaired) electrons. The van der Waals surface area contributed by atoms with Gasteiger partial charge in [0.1, 0.15) is 0 Å². The average molecular weight is 344 g/mol. The van der Waals surface area contributed by atoms with E-state index in [2.05, 4.69) is 33.3 Å². The predicted octanol–water partition coefficient (Wildman–Crippen LogP) is 3.44. The zero-order chi connectivity index (χ0) is 17.9. The van der Waals surface area contributed by atoms with Crippen molar-refractivity contribution in [1.29, 1.82) is 0 Å². The maximum absolute atomic E-state index is 12.6. The van der Waals surface area contributed by atoms with Crippen LogP contribution in [0.2, 0.25) is 0 Å². The van der Waals surface area contributed by atoms with Gasteiger partial charge in [0.15, 0.2) is 11.5 Å². The van der Waals surface area contributed by atoms with Gasteiger partial charge in [0.2, 0.25) is 0 Å². The molecule has 2 heterocycles. The molecule has 0 bridgehead atoms. The van der Waals surface area contributed by atoms with Crippen molar-refractivity contribution in [1.82, 2.24) is 15.1 Å². The van der Waals surface area contributed by atoms with E-state index in [0.717, 1.165) is 24.3 Å². The lowest BCUT2D eigenvalue weighted by atomic mass is 10.2. The van der Waals surface area contributed by atoms with Crippen molar-refractivity contribution in [3.63, 3.8) is 0 Å². The molecule has 5 heteroatoms. The summed E-state index contributed by atoms with van der Waals surface area (Å²) in [6, 6.07) is 21.9. The Morgan fingerprint density at radius 1 is 1.00 bits per heavy atom. The number of anilines is 2. The topological polar surface area (TPSA) is 49.3 Å². The lowest BCUT2D eigenvalue weighted by molar-refractivity contribution is 0.0778. The number of amides is 1. The molecular weight excluding hydrogens is 324 g/mol. The van der Waals surface area contributed by atoms with Crippen LogP contribution in [-0.2, 0) is 13.0 Å². The number of hydrogen-bond acceptors (Lipinski definition) is 4. The summed E-state index contributed by atoms with van der Waals surface area (Å²) >= 11 is 0. The highest BCUT2D eigenvalue weighted by atomic mass is 16.2. The van der Waals surface area contributed by atoms with Crippen molar-refractivity contribution in [3.05, 3.63) is 83.6 Å². The third-order valence-electron chi connectivity index (χ3n) is 4.64. The quantitative estimate of drug-likeness (QED) is 0.727. The molecule has 4 rings (SSSR count). The molecule has 0 saturated heterocycles. The summed E-state index contributed by atoms with van der Waals surface area (Å²) in [7, 11) is 1.78. The second-order valence-electron chi connectivity index (χ2n) is 6.45. The van der Waals surface area contributed by atoms with E-state index in [1.165, 1.54) is 11.3 Å². The smallest absolute Gasteiger partial charge is 0.274 e. The summed E-state index contributed by atoms with van der Waals surface area (Å²) in [4.78, 5) is 16.4. The van der Waals surface area contributed by atoms with E-state index in [-0.39, 0.29) is 5.91 Å². The van der Waals surface area contributed by atoms with Gasteiger partial charge in [-0.2, -0.15) is 0 Å². The first-order valence-electron chi connectivity index (χ1n) is 8.71. The highest BCUT2D eigenvalue weighted by Gasteiger charge is 2.22. The highest BCUT2D eigenvalue weighted by molar-refractivity contribution is 5.92. The summed E-state index contributed by atoms with van der Waals surface area (Å²) in [5.41, 5.74) is 3.93. The van der Waals surface area contributed by atoms with E-state index < -0.39 is 0 Å². The summed E-state index contributed by atoms with van der Waals surface area (Å²) in [6.07, 6.45) is 0.998. The highest BCUT2D eigenvalue weighted by Crippen LogP contribution is 2.32. The Labute approximate surface area is 152 Å². The SMILES string of the molecule is CN(Cc1ccccc1)C(=O)c1ccc(N2CCc3ccccc32)nn1. The fourth-order valence-electron chi connectivity index (χ4n) is 3.28. The van der Waals surface area contributed by atoms with E-state index in [9.17, 15) is 4.79 Å². The Balaban J connectivity index is 1.48. The van der Waals surface area contributed by atoms with E-state index >= 15 is 0 Å². The molecule has 130 valence electrons. The number of rotatable bonds is 4. The van der Waals surface area contributed by atoms with Crippen LogP contribution in [0.1, 0.15) is 21.6 Å². The second kappa shape index (κ2) is 6.96. The van der Waals surface area contributed by atoms with Crippen molar-refractivity contribution in [2.75, 3.05) is 18.5 Å². The monoisotopic (exact) mass is 344 g/mol. The van der Waals surface area contributed by atoms with Crippen LogP contribution in [0, 0.1) is 0 Å². The Hall–Kier alpha value is -3.21. The molecule has 1 aromatic heterocycles. The zero-order valence-corrected chi connectivity index (χ0v) is 14.7. The largest absolute Gasteiger partial charge is 0.336 e.